The summed E-state index contributed by atoms with van der Waals surface area (Å²) in [5, 5.41) is 3.14. The molecule has 3 N–H and O–H groups in total. The first-order chi connectivity index (χ1) is 14.5. The molecule has 1 saturated carbocycles. The molecule has 0 bridgehead atoms. The van der Waals surface area contributed by atoms with Gasteiger partial charge < -0.3 is 11.1 Å². The minimum atomic E-state index is -0.937. The number of halogens is 1. The highest BCUT2D eigenvalue weighted by Gasteiger charge is 2.35. The number of hydrogen-bond acceptors (Lipinski definition) is 4. The van der Waals surface area contributed by atoms with Gasteiger partial charge in [-0.2, -0.15) is 0 Å². The summed E-state index contributed by atoms with van der Waals surface area (Å²) in [5.74, 6) is -1.19. The first-order valence-electron chi connectivity index (χ1n) is 10.3. The quantitative estimate of drug-likeness (QED) is 0.652. The number of rotatable bonds is 7. The van der Waals surface area contributed by atoms with E-state index in [9.17, 15) is 14.0 Å². The highest BCUT2D eigenvalue weighted by molar-refractivity contribution is 7.98. The van der Waals surface area contributed by atoms with Crippen LogP contribution in [0.5, 0.6) is 0 Å². The van der Waals surface area contributed by atoms with E-state index in [0.29, 0.717) is 11.3 Å². The van der Waals surface area contributed by atoms with Gasteiger partial charge in [-0.15, -0.1) is 11.8 Å². The van der Waals surface area contributed by atoms with Gasteiger partial charge in [0.25, 0.3) is 0 Å². The normalized spacial score (nSPS) is 15.4. The smallest absolute Gasteiger partial charge is 0.248 e. The van der Waals surface area contributed by atoms with E-state index < -0.39 is 17.8 Å². The number of nitrogens with zero attached hydrogens (tertiary/aromatic N) is 1. The maximum atomic E-state index is 14.0. The monoisotopic (exact) mass is 429 g/mol. The van der Waals surface area contributed by atoms with Crippen LogP contribution in [-0.2, 0) is 9.59 Å². The Bertz CT molecular complexity index is 886. The Balaban J connectivity index is 2.07. The average molecular weight is 430 g/mol. The van der Waals surface area contributed by atoms with Crippen molar-refractivity contribution in [1.82, 2.24) is 5.32 Å². The van der Waals surface area contributed by atoms with Gasteiger partial charge >= 0.3 is 0 Å². The van der Waals surface area contributed by atoms with Crippen LogP contribution in [0.3, 0.4) is 0 Å². The third-order valence-electron chi connectivity index (χ3n) is 5.42. The van der Waals surface area contributed by atoms with Crippen molar-refractivity contribution >= 4 is 29.3 Å². The number of hydrogen-bond donors (Lipinski definition) is 2. The molecular formula is C23H28FN3O2S. The third-order valence-corrected chi connectivity index (χ3v) is 6.23. The minimum absolute atomic E-state index is 0.0810. The van der Waals surface area contributed by atoms with Crippen LogP contribution in [0.4, 0.5) is 10.1 Å². The number of carbonyl (C=O) groups excluding carboxylic acids is 2. The van der Waals surface area contributed by atoms with Gasteiger partial charge in [-0.05, 0) is 48.9 Å². The molecule has 1 aliphatic carbocycles. The number of thioether (sulfide) groups is 1. The lowest BCUT2D eigenvalue weighted by molar-refractivity contribution is -0.127. The average Bonchev–Trinajstić information content (AvgIpc) is 2.77. The van der Waals surface area contributed by atoms with Crippen molar-refractivity contribution in [2.75, 3.05) is 17.7 Å². The maximum absolute atomic E-state index is 14.0. The summed E-state index contributed by atoms with van der Waals surface area (Å²) in [7, 11) is 0. The molecule has 2 aromatic carbocycles. The second-order valence-corrected chi connectivity index (χ2v) is 8.28. The van der Waals surface area contributed by atoms with Gasteiger partial charge in [0.15, 0.2) is 0 Å². The van der Waals surface area contributed by atoms with E-state index in [0.717, 1.165) is 30.6 Å². The fourth-order valence-electron chi connectivity index (χ4n) is 3.98. The van der Waals surface area contributed by atoms with Crippen molar-refractivity contribution in [3.8, 4) is 0 Å². The lowest BCUT2D eigenvalue weighted by Gasteiger charge is -2.34. The molecule has 0 aromatic heterocycles. The number of amides is 2. The SMILES string of the molecule is CSc1ccccc1C(C(=O)NC1CCCCC1)N(C(=O)CN)c1cccc(F)c1. The Hall–Kier alpha value is -2.38. The first-order valence-corrected chi connectivity index (χ1v) is 11.5. The van der Waals surface area contributed by atoms with Crippen molar-refractivity contribution in [1.29, 1.82) is 0 Å². The number of anilines is 1. The number of nitrogens with two attached hydrogens (primary N) is 1. The van der Waals surface area contributed by atoms with E-state index in [2.05, 4.69) is 5.32 Å². The van der Waals surface area contributed by atoms with E-state index in [-0.39, 0.29) is 18.5 Å². The topological polar surface area (TPSA) is 75.4 Å². The molecule has 3 rings (SSSR count). The van der Waals surface area contributed by atoms with E-state index in [4.69, 9.17) is 5.73 Å². The van der Waals surface area contributed by atoms with Crippen LogP contribution >= 0.6 is 11.8 Å². The highest BCUT2D eigenvalue weighted by Crippen LogP contribution is 2.34. The van der Waals surface area contributed by atoms with E-state index in [1.807, 2.05) is 30.5 Å². The summed E-state index contributed by atoms with van der Waals surface area (Å²) in [6.07, 6.45) is 7.10. The zero-order valence-electron chi connectivity index (χ0n) is 17.1. The summed E-state index contributed by atoms with van der Waals surface area (Å²) in [6, 6.07) is 12.3. The van der Waals surface area contributed by atoms with Crippen LogP contribution in [0.1, 0.15) is 43.7 Å². The van der Waals surface area contributed by atoms with Gasteiger partial charge in [-0.1, -0.05) is 43.5 Å². The number of carbonyl (C=O) groups is 2. The summed E-state index contributed by atoms with van der Waals surface area (Å²) in [5.41, 5.74) is 6.71. The lowest BCUT2D eigenvalue weighted by Crippen LogP contribution is -2.49. The summed E-state index contributed by atoms with van der Waals surface area (Å²) in [6.45, 7) is -0.287. The van der Waals surface area contributed by atoms with Gasteiger partial charge in [0, 0.05) is 16.6 Å². The van der Waals surface area contributed by atoms with Crippen LogP contribution in [0.25, 0.3) is 0 Å². The second-order valence-electron chi connectivity index (χ2n) is 7.44. The molecule has 1 fully saturated rings. The molecule has 5 nitrogen and oxygen atoms in total. The molecule has 2 aromatic rings. The van der Waals surface area contributed by atoms with E-state index in [1.165, 1.54) is 41.3 Å². The van der Waals surface area contributed by atoms with Crippen molar-refractivity contribution in [3.05, 3.63) is 59.9 Å². The third kappa shape index (κ3) is 5.21. The Labute approximate surface area is 181 Å². The fraction of sp³-hybridized carbons (Fsp3) is 0.391. The van der Waals surface area contributed by atoms with E-state index >= 15 is 0 Å². The Morgan fingerprint density at radius 3 is 2.57 bits per heavy atom. The van der Waals surface area contributed by atoms with Crippen molar-refractivity contribution in [3.63, 3.8) is 0 Å². The molecule has 0 spiro atoms. The first kappa shape index (κ1) is 22.3. The van der Waals surface area contributed by atoms with Crippen LogP contribution in [0.2, 0.25) is 0 Å². The minimum Gasteiger partial charge on any atom is -0.351 e. The predicted octanol–water partition coefficient (Wildman–Crippen LogP) is 4.03. The molecule has 7 heteroatoms. The predicted molar refractivity (Wildman–Crippen MR) is 119 cm³/mol. The number of benzene rings is 2. The van der Waals surface area contributed by atoms with Crippen LogP contribution in [0.15, 0.2) is 53.4 Å². The zero-order chi connectivity index (χ0) is 21.5. The standard InChI is InChI=1S/C23H28FN3O2S/c1-30-20-13-6-5-12-19(20)22(23(29)26-17-9-3-2-4-10-17)27(21(28)15-25)18-11-7-8-16(24)14-18/h5-8,11-14,17,22H,2-4,9-10,15,25H2,1H3,(H,26,29). The van der Waals surface area contributed by atoms with Gasteiger partial charge in [-0.3, -0.25) is 14.5 Å². The maximum Gasteiger partial charge on any atom is 0.248 e. The molecular weight excluding hydrogens is 401 g/mol. The molecule has 0 aliphatic heterocycles. The largest absolute Gasteiger partial charge is 0.351 e. The second kappa shape index (κ2) is 10.6. The van der Waals surface area contributed by atoms with Crippen molar-refractivity contribution < 1.29 is 14.0 Å². The molecule has 1 aliphatic rings. The van der Waals surface area contributed by atoms with Crippen LogP contribution < -0.4 is 16.0 Å². The van der Waals surface area contributed by atoms with Crippen LogP contribution in [0, 0.1) is 5.82 Å². The van der Waals surface area contributed by atoms with Gasteiger partial charge in [0.2, 0.25) is 11.8 Å². The van der Waals surface area contributed by atoms with Crippen LogP contribution in [-0.4, -0.2) is 30.7 Å². The Morgan fingerprint density at radius 1 is 1.17 bits per heavy atom. The number of nitrogens with one attached hydrogen (secondary N) is 1. The summed E-state index contributed by atoms with van der Waals surface area (Å²) < 4.78 is 14.0. The Kier molecular flexibility index (Phi) is 7.87. The van der Waals surface area contributed by atoms with Crippen molar-refractivity contribution in [2.24, 2.45) is 5.73 Å². The lowest BCUT2D eigenvalue weighted by atomic mass is 9.94. The molecule has 0 heterocycles. The van der Waals surface area contributed by atoms with Crippen molar-refractivity contribution in [2.45, 2.75) is 49.1 Å². The molecule has 0 radical (unpaired) electrons. The highest BCUT2D eigenvalue weighted by atomic mass is 32.2. The fourth-order valence-corrected chi connectivity index (χ4v) is 4.61. The molecule has 0 saturated heterocycles. The van der Waals surface area contributed by atoms with Gasteiger partial charge in [-0.25, -0.2) is 4.39 Å². The molecule has 1 atom stereocenters. The summed E-state index contributed by atoms with van der Waals surface area (Å²) >= 11 is 1.50. The molecule has 2 amide bonds. The Morgan fingerprint density at radius 2 is 1.90 bits per heavy atom. The summed E-state index contributed by atoms with van der Waals surface area (Å²) in [4.78, 5) is 28.7. The van der Waals surface area contributed by atoms with E-state index in [1.54, 1.807) is 6.07 Å². The molecule has 160 valence electrons. The zero-order valence-corrected chi connectivity index (χ0v) is 18.0. The molecule has 30 heavy (non-hydrogen) atoms. The van der Waals surface area contributed by atoms with Gasteiger partial charge in [0.05, 0.1) is 6.54 Å². The molecule has 1 unspecified atom stereocenters. The van der Waals surface area contributed by atoms with Gasteiger partial charge in [0.1, 0.15) is 11.9 Å².